The van der Waals surface area contributed by atoms with Gasteiger partial charge in [0.15, 0.2) is 0 Å². The van der Waals surface area contributed by atoms with Gasteiger partial charge in [0.25, 0.3) is 0 Å². The van der Waals surface area contributed by atoms with Crippen molar-refractivity contribution < 1.29 is 9.63 Å². The van der Waals surface area contributed by atoms with Gasteiger partial charge in [-0.2, -0.15) is 10.2 Å². The lowest BCUT2D eigenvalue weighted by Gasteiger charge is -2.01. The Morgan fingerprint density at radius 3 is 3.00 bits per heavy atom. The molecule has 1 aromatic carbocycles. The molecular formula is C15H12N4O2. The molecule has 0 saturated carbocycles. The van der Waals surface area contributed by atoms with Gasteiger partial charge in [-0.05, 0) is 11.5 Å². The third-order valence-corrected chi connectivity index (χ3v) is 3.09. The highest BCUT2D eigenvalue weighted by molar-refractivity contribution is 5.92. The first-order valence-corrected chi connectivity index (χ1v) is 6.49. The molecule has 6 nitrogen and oxygen atoms in total. The van der Waals surface area contributed by atoms with Gasteiger partial charge in [0.1, 0.15) is 5.69 Å². The Kier molecular flexibility index (Phi) is 3.58. The number of nitrogens with zero attached hydrogens (tertiary/aromatic N) is 4. The quantitative estimate of drug-likeness (QED) is 0.786. The number of nitriles is 1. The molecule has 0 radical (unpaired) electrons. The molecule has 0 amide bonds. The lowest BCUT2D eigenvalue weighted by Crippen LogP contribution is -2.09. The summed E-state index contributed by atoms with van der Waals surface area (Å²) in [5.74, 6) is 0.674. The van der Waals surface area contributed by atoms with Crippen LogP contribution in [0, 0.1) is 11.3 Å². The van der Waals surface area contributed by atoms with E-state index in [9.17, 15) is 5.11 Å². The van der Waals surface area contributed by atoms with Crippen molar-refractivity contribution in [3.05, 3.63) is 42.4 Å². The summed E-state index contributed by atoms with van der Waals surface area (Å²) in [5, 5.41) is 24.0. The molecule has 2 aromatic heterocycles. The van der Waals surface area contributed by atoms with Crippen LogP contribution < -0.4 is 0 Å². The average molecular weight is 280 g/mol. The molecule has 0 fully saturated rings. The molecule has 1 atom stereocenters. The summed E-state index contributed by atoms with van der Waals surface area (Å²) in [6, 6.07) is 11.6. The van der Waals surface area contributed by atoms with E-state index in [2.05, 4.69) is 15.1 Å². The van der Waals surface area contributed by atoms with Crippen molar-refractivity contribution in [3.63, 3.8) is 0 Å². The molecule has 0 aliphatic carbocycles. The van der Waals surface area contributed by atoms with E-state index in [4.69, 9.17) is 9.78 Å². The van der Waals surface area contributed by atoms with Crippen LogP contribution in [0.5, 0.6) is 0 Å². The van der Waals surface area contributed by atoms with Crippen molar-refractivity contribution >= 4 is 10.8 Å². The van der Waals surface area contributed by atoms with Crippen molar-refractivity contribution in [1.29, 1.82) is 5.26 Å². The van der Waals surface area contributed by atoms with Crippen molar-refractivity contribution in [3.8, 4) is 17.6 Å². The molecule has 1 unspecified atom stereocenters. The number of hydrogen-bond acceptors (Lipinski definition) is 6. The highest BCUT2D eigenvalue weighted by atomic mass is 16.5. The Balaban J connectivity index is 1.94. The van der Waals surface area contributed by atoms with Crippen LogP contribution in [0.25, 0.3) is 22.3 Å². The van der Waals surface area contributed by atoms with E-state index in [1.54, 1.807) is 6.20 Å². The number of aromatic nitrogens is 3. The molecule has 21 heavy (non-hydrogen) atoms. The van der Waals surface area contributed by atoms with Crippen LogP contribution in [0.3, 0.4) is 0 Å². The molecule has 1 N–H and O–H groups in total. The van der Waals surface area contributed by atoms with E-state index in [0.29, 0.717) is 17.4 Å². The summed E-state index contributed by atoms with van der Waals surface area (Å²) < 4.78 is 5.11. The second kappa shape index (κ2) is 5.69. The fourth-order valence-electron chi connectivity index (χ4n) is 2.11. The minimum absolute atomic E-state index is 0.0320. The van der Waals surface area contributed by atoms with Gasteiger partial charge < -0.3 is 9.63 Å². The van der Waals surface area contributed by atoms with Gasteiger partial charge in [-0.1, -0.05) is 29.4 Å². The standard InChI is InChI=1S/C15H12N4O2/c16-7-5-11(20)9-13-18-15(19-21-13)14-12-4-2-1-3-10(12)6-8-17-14/h1-4,6,8,11,20H,5,9H2. The maximum Gasteiger partial charge on any atom is 0.229 e. The lowest BCUT2D eigenvalue weighted by molar-refractivity contribution is 0.167. The number of aliphatic hydroxyl groups is 1. The predicted molar refractivity (Wildman–Crippen MR) is 75.0 cm³/mol. The van der Waals surface area contributed by atoms with Gasteiger partial charge in [0, 0.05) is 11.6 Å². The highest BCUT2D eigenvalue weighted by Crippen LogP contribution is 2.24. The first kappa shape index (κ1) is 13.2. The molecule has 104 valence electrons. The van der Waals surface area contributed by atoms with E-state index in [-0.39, 0.29) is 12.8 Å². The smallest absolute Gasteiger partial charge is 0.229 e. The van der Waals surface area contributed by atoms with Gasteiger partial charge in [0.2, 0.25) is 11.7 Å². The summed E-state index contributed by atoms with van der Waals surface area (Å²) in [5.41, 5.74) is 0.637. The van der Waals surface area contributed by atoms with E-state index in [1.165, 1.54) is 0 Å². The van der Waals surface area contributed by atoms with Gasteiger partial charge >= 0.3 is 0 Å². The Hall–Kier alpha value is -2.78. The van der Waals surface area contributed by atoms with E-state index in [1.807, 2.05) is 36.4 Å². The van der Waals surface area contributed by atoms with Crippen LogP contribution in [-0.4, -0.2) is 26.3 Å². The van der Waals surface area contributed by atoms with E-state index >= 15 is 0 Å². The molecule has 0 spiro atoms. The second-order valence-corrected chi connectivity index (χ2v) is 4.61. The minimum atomic E-state index is -0.802. The van der Waals surface area contributed by atoms with Crippen LogP contribution >= 0.6 is 0 Å². The number of hydrogen-bond donors (Lipinski definition) is 1. The Morgan fingerprint density at radius 2 is 2.14 bits per heavy atom. The molecule has 0 saturated heterocycles. The maximum absolute atomic E-state index is 9.59. The SMILES string of the molecule is N#CCC(O)Cc1nc(-c2nccc3ccccc23)no1. The first-order chi connectivity index (χ1) is 10.3. The van der Waals surface area contributed by atoms with E-state index in [0.717, 1.165) is 10.8 Å². The lowest BCUT2D eigenvalue weighted by atomic mass is 10.1. The topological polar surface area (TPSA) is 95.8 Å². The molecule has 6 heteroatoms. The Morgan fingerprint density at radius 1 is 1.29 bits per heavy atom. The van der Waals surface area contributed by atoms with Crippen LogP contribution in [0.2, 0.25) is 0 Å². The van der Waals surface area contributed by atoms with Crippen LogP contribution in [0.1, 0.15) is 12.3 Å². The Bertz CT molecular complexity index is 801. The second-order valence-electron chi connectivity index (χ2n) is 4.61. The fraction of sp³-hybridized carbons (Fsp3) is 0.200. The number of fused-ring (bicyclic) bond motifs is 1. The first-order valence-electron chi connectivity index (χ1n) is 6.49. The van der Waals surface area contributed by atoms with Gasteiger partial charge in [-0.3, -0.25) is 4.98 Å². The van der Waals surface area contributed by atoms with Crippen molar-refractivity contribution in [1.82, 2.24) is 15.1 Å². The number of rotatable bonds is 4. The van der Waals surface area contributed by atoms with Crippen LogP contribution in [0.15, 0.2) is 41.1 Å². The molecular weight excluding hydrogens is 268 g/mol. The molecule has 0 aliphatic rings. The molecule has 2 heterocycles. The van der Waals surface area contributed by atoms with Crippen molar-refractivity contribution in [2.75, 3.05) is 0 Å². The van der Waals surface area contributed by atoms with Gasteiger partial charge in [-0.25, -0.2) is 0 Å². The fourth-order valence-corrected chi connectivity index (χ4v) is 2.11. The largest absolute Gasteiger partial charge is 0.392 e. The van der Waals surface area contributed by atoms with Gasteiger partial charge in [-0.15, -0.1) is 0 Å². The number of pyridine rings is 1. The minimum Gasteiger partial charge on any atom is -0.392 e. The van der Waals surface area contributed by atoms with Crippen molar-refractivity contribution in [2.45, 2.75) is 18.9 Å². The zero-order valence-electron chi connectivity index (χ0n) is 11.1. The van der Waals surface area contributed by atoms with Gasteiger partial charge in [0.05, 0.1) is 25.0 Å². The summed E-state index contributed by atoms with van der Waals surface area (Å²) >= 11 is 0. The monoisotopic (exact) mass is 280 g/mol. The third-order valence-electron chi connectivity index (χ3n) is 3.09. The Labute approximate surface area is 120 Å². The molecule has 0 aliphatic heterocycles. The zero-order chi connectivity index (χ0) is 14.7. The predicted octanol–water partition coefficient (Wildman–Crippen LogP) is 2.10. The maximum atomic E-state index is 9.59. The summed E-state index contributed by atoms with van der Waals surface area (Å²) in [4.78, 5) is 8.55. The number of aliphatic hydroxyl groups excluding tert-OH is 1. The zero-order valence-corrected chi connectivity index (χ0v) is 11.1. The number of benzene rings is 1. The normalized spacial score (nSPS) is 12.2. The summed E-state index contributed by atoms with van der Waals surface area (Å²) in [6.45, 7) is 0. The summed E-state index contributed by atoms with van der Waals surface area (Å²) in [6.07, 6.45) is 1.08. The van der Waals surface area contributed by atoms with Crippen molar-refractivity contribution in [2.24, 2.45) is 0 Å². The molecule has 3 aromatic rings. The summed E-state index contributed by atoms with van der Waals surface area (Å²) in [7, 11) is 0. The van der Waals surface area contributed by atoms with Crippen LogP contribution in [0.4, 0.5) is 0 Å². The average Bonchev–Trinajstić information content (AvgIpc) is 2.95. The highest BCUT2D eigenvalue weighted by Gasteiger charge is 2.15. The third kappa shape index (κ3) is 2.73. The molecule has 0 bridgehead atoms. The molecule has 3 rings (SSSR count). The van der Waals surface area contributed by atoms with E-state index < -0.39 is 6.10 Å². The van der Waals surface area contributed by atoms with Crippen LogP contribution in [-0.2, 0) is 6.42 Å².